The van der Waals surface area contributed by atoms with Crippen molar-refractivity contribution in [1.29, 1.82) is 0 Å². The molecule has 0 aliphatic carbocycles. The van der Waals surface area contributed by atoms with Crippen LogP contribution in [-0.2, 0) is 4.79 Å². The van der Waals surface area contributed by atoms with Crippen LogP contribution in [0, 0.1) is 0 Å². The number of rotatable bonds is 7. The van der Waals surface area contributed by atoms with Gasteiger partial charge in [-0.15, -0.1) is 0 Å². The lowest BCUT2D eigenvalue weighted by molar-refractivity contribution is -0.137. The number of aliphatic carboxylic acids is 1. The molecule has 0 bridgehead atoms. The Morgan fingerprint density at radius 1 is 1.69 bits per heavy atom. The Labute approximate surface area is 81.6 Å². The minimum atomic E-state index is -0.960. The average Bonchev–Trinajstić information content (AvgIpc) is 2.10. The Bertz CT molecular complexity index is 175. The molecular weight excluding hydrogens is 190 g/mol. The second-order valence-electron chi connectivity index (χ2n) is 2.34. The molecule has 13 heavy (non-hydrogen) atoms. The van der Waals surface area contributed by atoms with Crippen molar-refractivity contribution in [2.24, 2.45) is 16.5 Å². The van der Waals surface area contributed by atoms with Gasteiger partial charge in [0.15, 0.2) is 0 Å². The largest absolute Gasteiger partial charge is 0.480 e. The molecule has 5 nitrogen and oxygen atoms in total. The third-order valence-corrected chi connectivity index (χ3v) is 2.28. The van der Waals surface area contributed by atoms with Crippen LogP contribution in [0.5, 0.6) is 0 Å². The molecule has 76 valence electrons. The quantitative estimate of drug-likeness (QED) is 0.371. The van der Waals surface area contributed by atoms with E-state index in [0.717, 1.165) is 5.75 Å². The zero-order valence-corrected chi connectivity index (χ0v) is 8.17. The van der Waals surface area contributed by atoms with Gasteiger partial charge in [0.2, 0.25) is 0 Å². The Morgan fingerprint density at radius 2 is 2.38 bits per heavy atom. The summed E-state index contributed by atoms with van der Waals surface area (Å²) >= 11 is 1.48. The van der Waals surface area contributed by atoms with Gasteiger partial charge in [-0.1, -0.05) is 0 Å². The van der Waals surface area contributed by atoms with Crippen molar-refractivity contribution in [2.75, 3.05) is 24.6 Å². The zero-order chi connectivity index (χ0) is 10.1. The molecule has 0 aromatic carbocycles. The SMILES string of the molecule is NCC=NCCSC[C@H](N)C(=O)O. The van der Waals surface area contributed by atoms with Gasteiger partial charge in [0.25, 0.3) is 0 Å². The molecule has 0 aliphatic heterocycles. The molecule has 5 N–H and O–H groups in total. The molecule has 0 spiro atoms. The summed E-state index contributed by atoms with van der Waals surface area (Å²) in [4.78, 5) is 14.3. The number of nitrogens with zero attached hydrogens (tertiary/aromatic N) is 1. The van der Waals surface area contributed by atoms with Gasteiger partial charge in [0.05, 0.1) is 0 Å². The molecule has 0 fully saturated rings. The maximum absolute atomic E-state index is 10.3. The number of thioether (sulfide) groups is 1. The van der Waals surface area contributed by atoms with Crippen molar-refractivity contribution in [3.63, 3.8) is 0 Å². The fourth-order valence-electron chi connectivity index (χ4n) is 0.565. The van der Waals surface area contributed by atoms with E-state index in [-0.39, 0.29) is 0 Å². The second-order valence-corrected chi connectivity index (χ2v) is 3.49. The van der Waals surface area contributed by atoms with Gasteiger partial charge in [-0.05, 0) is 0 Å². The van der Waals surface area contributed by atoms with E-state index in [0.29, 0.717) is 18.8 Å². The van der Waals surface area contributed by atoms with E-state index in [1.807, 2.05) is 0 Å². The Hall–Kier alpha value is -0.590. The Balaban J connectivity index is 3.25. The highest BCUT2D eigenvalue weighted by Crippen LogP contribution is 2.01. The molecule has 0 heterocycles. The summed E-state index contributed by atoms with van der Waals surface area (Å²) in [5.41, 5.74) is 10.5. The molecule has 0 saturated heterocycles. The van der Waals surface area contributed by atoms with E-state index in [1.165, 1.54) is 11.8 Å². The highest BCUT2D eigenvalue weighted by atomic mass is 32.2. The number of hydrogen-bond donors (Lipinski definition) is 3. The van der Waals surface area contributed by atoms with E-state index in [9.17, 15) is 4.79 Å². The molecule has 0 unspecified atom stereocenters. The first kappa shape index (κ1) is 12.4. The summed E-state index contributed by atoms with van der Waals surface area (Å²) in [6.07, 6.45) is 1.64. The lowest BCUT2D eigenvalue weighted by Gasteiger charge is -2.03. The maximum atomic E-state index is 10.3. The molecule has 0 rings (SSSR count). The van der Waals surface area contributed by atoms with E-state index in [2.05, 4.69) is 4.99 Å². The van der Waals surface area contributed by atoms with Crippen molar-refractivity contribution < 1.29 is 9.90 Å². The van der Waals surface area contributed by atoms with Crippen LogP contribution in [0.2, 0.25) is 0 Å². The van der Waals surface area contributed by atoms with E-state index in [1.54, 1.807) is 6.21 Å². The molecule has 0 aromatic rings. The monoisotopic (exact) mass is 205 g/mol. The number of carboxylic acid groups (broad SMARTS) is 1. The Morgan fingerprint density at radius 3 is 2.92 bits per heavy atom. The van der Waals surface area contributed by atoms with E-state index < -0.39 is 12.0 Å². The lowest BCUT2D eigenvalue weighted by Crippen LogP contribution is -2.32. The zero-order valence-electron chi connectivity index (χ0n) is 7.35. The minimum absolute atomic E-state index is 0.424. The summed E-state index contributed by atoms with van der Waals surface area (Å²) in [7, 11) is 0. The first-order chi connectivity index (χ1) is 6.18. The molecular formula is C7H15N3O2S. The van der Waals surface area contributed by atoms with Gasteiger partial charge in [-0.3, -0.25) is 9.79 Å². The first-order valence-electron chi connectivity index (χ1n) is 3.93. The molecule has 0 aromatic heterocycles. The maximum Gasteiger partial charge on any atom is 0.321 e. The van der Waals surface area contributed by atoms with Crippen LogP contribution in [-0.4, -0.2) is 47.9 Å². The topological polar surface area (TPSA) is 102 Å². The van der Waals surface area contributed by atoms with Crippen LogP contribution >= 0.6 is 11.8 Å². The van der Waals surface area contributed by atoms with E-state index in [4.69, 9.17) is 16.6 Å². The molecule has 0 saturated carbocycles. The van der Waals surface area contributed by atoms with Gasteiger partial charge in [0.1, 0.15) is 6.04 Å². The van der Waals surface area contributed by atoms with Crippen molar-refractivity contribution in [3.8, 4) is 0 Å². The van der Waals surface area contributed by atoms with E-state index >= 15 is 0 Å². The lowest BCUT2D eigenvalue weighted by atomic mass is 10.4. The number of hydrogen-bond acceptors (Lipinski definition) is 5. The third kappa shape index (κ3) is 7.76. The summed E-state index contributed by atoms with van der Waals surface area (Å²) in [5, 5.41) is 8.44. The van der Waals surface area contributed by atoms with Crippen LogP contribution in [0.1, 0.15) is 0 Å². The van der Waals surface area contributed by atoms with Crippen molar-refractivity contribution in [2.45, 2.75) is 6.04 Å². The molecule has 1 atom stereocenters. The molecule has 0 radical (unpaired) electrons. The standard InChI is InChI=1S/C7H15N3O2S/c8-1-2-10-3-4-13-5-6(9)7(11)12/h2,6H,1,3-5,8-9H2,(H,11,12)/t6-/m0/s1. The number of carbonyl (C=O) groups is 1. The average molecular weight is 205 g/mol. The van der Waals surface area contributed by atoms with Crippen LogP contribution in [0.3, 0.4) is 0 Å². The van der Waals surface area contributed by atoms with Gasteiger partial charge in [0, 0.05) is 30.8 Å². The highest BCUT2D eigenvalue weighted by Gasteiger charge is 2.09. The first-order valence-corrected chi connectivity index (χ1v) is 5.08. The normalized spacial score (nSPS) is 13.4. The summed E-state index contributed by atoms with van der Waals surface area (Å²) in [6, 6.07) is -0.775. The smallest absolute Gasteiger partial charge is 0.321 e. The van der Waals surface area contributed by atoms with Crippen LogP contribution in [0.25, 0.3) is 0 Å². The number of carboxylic acids is 1. The fourth-order valence-corrected chi connectivity index (χ4v) is 1.36. The van der Waals surface area contributed by atoms with Crippen molar-refractivity contribution in [1.82, 2.24) is 0 Å². The van der Waals surface area contributed by atoms with Gasteiger partial charge in [-0.2, -0.15) is 11.8 Å². The second kappa shape index (κ2) is 8.03. The van der Waals surface area contributed by atoms with Crippen LogP contribution < -0.4 is 11.5 Å². The number of aliphatic imine (C=N–C) groups is 1. The number of nitrogens with two attached hydrogens (primary N) is 2. The Kier molecular flexibility index (Phi) is 7.66. The summed E-state index contributed by atoms with van der Waals surface area (Å²) < 4.78 is 0. The summed E-state index contributed by atoms with van der Waals surface area (Å²) in [6.45, 7) is 1.10. The van der Waals surface area contributed by atoms with Crippen molar-refractivity contribution >= 4 is 23.9 Å². The van der Waals surface area contributed by atoms with Crippen molar-refractivity contribution in [3.05, 3.63) is 0 Å². The summed E-state index contributed by atoms with van der Waals surface area (Å²) in [5.74, 6) is 0.239. The molecule has 6 heteroatoms. The molecule has 0 aliphatic rings. The van der Waals surface area contributed by atoms with Gasteiger partial charge >= 0.3 is 5.97 Å². The van der Waals surface area contributed by atoms with Crippen LogP contribution in [0.15, 0.2) is 4.99 Å². The van der Waals surface area contributed by atoms with Gasteiger partial charge in [-0.25, -0.2) is 0 Å². The molecule has 0 amide bonds. The predicted molar refractivity (Wildman–Crippen MR) is 55.3 cm³/mol. The minimum Gasteiger partial charge on any atom is -0.480 e. The van der Waals surface area contributed by atoms with Gasteiger partial charge < -0.3 is 16.6 Å². The predicted octanol–water partition coefficient (Wildman–Crippen LogP) is -0.839. The highest BCUT2D eigenvalue weighted by molar-refractivity contribution is 7.99. The van der Waals surface area contributed by atoms with Crippen LogP contribution in [0.4, 0.5) is 0 Å². The fraction of sp³-hybridized carbons (Fsp3) is 0.714. The third-order valence-electron chi connectivity index (χ3n) is 1.21.